The Morgan fingerprint density at radius 3 is 2.13 bits per heavy atom. The monoisotopic (exact) mass is 419 g/mol. The number of carbonyl (C=O) groups excluding carboxylic acids is 3. The van der Waals surface area contributed by atoms with E-state index >= 15 is 0 Å². The summed E-state index contributed by atoms with van der Waals surface area (Å²) in [7, 11) is 0. The summed E-state index contributed by atoms with van der Waals surface area (Å²) in [5.41, 5.74) is 1.93. The van der Waals surface area contributed by atoms with Crippen LogP contribution in [0.15, 0.2) is 24.3 Å². The Morgan fingerprint density at radius 2 is 1.63 bits per heavy atom. The minimum atomic E-state index is -3.12. The van der Waals surface area contributed by atoms with Crippen molar-refractivity contribution in [2.45, 2.75) is 58.8 Å². The van der Waals surface area contributed by atoms with Gasteiger partial charge in [-0.15, -0.1) is 0 Å². The zero-order valence-electron chi connectivity index (χ0n) is 17.6. The van der Waals surface area contributed by atoms with Crippen molar-refractivity contribution in [3.63, 3.8) is 0 Å². The molecule has 1 fully saturated rings. The maximum atomic E-state index is 11.7. The lowest BCUT2D eigenvalue weighted by Gasteiger charge is -2.28. The second-order valence-electron chi connectivity index (χ2n) is 7.22. The molecule has 8 nitrogen and oxygen atoms in total. The van der Waals surface area contributed by atoms with Gasteiger partial charge in [-0.2, -0.15) is 0 Å². The van der Waals surface area contributed by atoms with Gasteiger partial charge in [-0.3, -0.25) is 19.2 Å². The highest BCUT2D eigenvalue weighted by Crippen LogP contribution is 2.15. The molecule has 0 atom stereocenters. The van der Waals surface area contributed by atoms with E-state index in [4.69, 9.17) is 5.11 Å². The highest BCUT2D eigenvalue weighted by molar-refractivity contribution is 6.98. The lowest BCUT2D eigenvalue weighted by molar-refractivity contribution is -0.143. The lowest BCUT2D eigenvalue weighted by atomic mass is 9.60. The van der Waals surface area contributed by atoms with Crippen molar-refractivity contribution in [2.75, 3.05) is 6.54 Å². The first-order chi connectivity index (χ1) is 14.2. The Morgan fingerprint density at radius 1 is 1.07 bits per heavy atom. The Bertz CT molecular complexity index is 715. The van der Waals surface area contributed by atoms with Crippen LogP contribution < -0.4 is 5.32 Å². The summed E-state index contributed by atoms with van der Waals surface area (Å²) in [4.78, 5) is 44.2. The number of benzene rings is 1. The second kappa shape index (κ2) is 12.6. The SMILES string of the molecule is CCCCCCNC(=O)c1ccc(C)cc1.[CH2+][B-]1(C(=O)O)OC(=O)CCCC(=O)O1. The zero-order valence-corrected chi connectivity index (χ0v) is 17.6. The average Bonchev–Trinajstić information content (AvgIpc) is 2.67. The largest absolute Gasteiger partial charge is 0.655 e. The van der Waals surface area contributed by atoms with Gasteiger partial charge in [-0.05, 0) is 38.7 Å². The molecule has 0 saturated carbocycles. The minimum absolute atomic E-state index is 0.00139. The molecule has 0 radical (unpaired) electrons. The number of hydrogen-bond acceptors (Lipinski definition) is 6. The molecule has 0 unspecified atom stereocenters. The minimum Gasteiger partial charge on any atom is -0.609 e. The molecule has 164 valence electrons. The first kappa shape index (κ1) is 25.1. The number of hydrogen-bond donors (Lipinski definition) is 2. The molecule has 0 aliphatic carbocycles. The number of unbranched alkanes of at least 4 members (excludes halogenated alkanes) is 3. The molecule has 1 aromatic rings. The standard InChI is InChI=1S/C14H21NO.C7H9BO6/c1-3-4-5-6-11-15-14(16)13-9-7-12(2)8-10-13;1-8(7(11)12)13-5(9)3-2-4-6(10)14-8/h7-10H,3-6,11H2,1-2H3,(H,15,16);1-4H2,(H,11,12). The lowest BCUT2D eigenvalue weighted by Crippen LogP contribution is -2.51. The molecule has 30 heavy (non-hydrogen) atoms. The summed E-state index contributed by atoms with van der Waals surface area (Å²) >= 11 is 0. The van der Waals surface area contributed by atoms with Crippen LogP contribution in [0.3, 0.4) is 0 Å². The number of carbonyl (C=O) groups is 4. The van der Waals surface area contributed by atoms with Gasteiger partial charge in [0.05, 0.1) is 0 Å². The van der Waals surface area contributed by atoms with Gasteiger partial charge < -0.3 is 19.7 Å². The predicted octanol–water partition coefficient (Wildman–Crippen LogP) is 3.64. The summed E-state index contributed by atoms with van der Waals surface area (Å²) in [6.07, 6.45) is 5.05. The van der Waals surface area contributed by atoms with Crippen LogP contribution in [-0.4, -0.2) is 41.9 Å². The molecule has 0 aromatic heterocycles. The van der Waals surface area contributed by atoms with Gasteiger partial charge in [0.15, 0.2) is 0 Å². The van der Waals surface area contributed by atoms with E-state index in [2.05, 4.69) is 28.4 Å². The number of aryl methyl sites for hydroxylation is 1. The van der Waals surface area contributed by atoms with E-state index in [0.29, 0.717) is 6.42 Å². The molecule has 1 aliphatic heterocycles. The smallest absolute Gasteiger partial charge is 0.609 e. The van der Waals surface area contributed by atoms with Gasteiger partial charge in [0, 0.05) is 24.9 Å². The topological polar surface area (TPSA) is 119 Å². The fraction of sp³-hybridized carbons (Fsp3) is 0.476. The van der Waals surface area contributed by atoms with Crippen LogP contribution in [-0.2, 0) is 18.9 Å². The Hall–Kier alpha value is -2.97. The van der Waals surface area contributed by atoms with Gasteiger partial charge >= 0.3 is 6.55 Å². The van der Waals surface area contributed by atoms with Crippen molar-refractivity contribution in [1.29, 1.82) is 0 Å². The molecule has 2 N–H and O–H groups in total. The Balaban J connectivity index is 0.000000303. The molecule has 1 aromatic carbocycles. The number of rotatable bonds is 7. The molecule has 2 rings (SSSR count). The van der Waals surface area contributed by atoms with Crippen molar-refractivity contribution >= 4 is 30.3 Å². The number of nitrogens with one attached hydrogen (secondary N) is 1. The third-order valence-electron chi connectivity index (χ3n) is 4.41. The fourth-order valence-corrected chi connectivity index (χ4v) is 2.61. The van der Waals surface area contributed by atoms with E-state index in [-0.39, 0.29) is 18.7 Å². The number of amides is 1. The molecule has 9 heteroatoms. The first-order valence-corrected chi connectivity index (χ1v) is 10.2. The van der Waals surface area contributed by atoms with E-state index < -0.39 is 24.4 Å². The molecule has 0 spiro atoms. The van der Waals surface area contributed by atoms with Crippen molar-refractivity contribution in [3.8, 4) is 0 Å². The Kier molecular flexibility index (Phi) is 10.5. The third kappa shape index (κ3) is 9.02. The highest BCUT2D eigenvalue weighted by Gasteiger charge is 2.49. The summed E-state index contributed by atoms with van der Waals surface area (Å²) in [5.74, 6) is -2.94. The van der Waals surface area contributed by atoms with Gasteiger partial charge in [-0.25, -0.2) is 0 Å². The second-order valence-corrected chi connectivity index (χ2v) is 7.22. The molecule has 1 heterocycles. The summed E-state index contributed by atoms with van der Waals surface area (Å²) < 4.78 is 8.96. The molecule has 1 amide bonds. The van der Waals surface area contributed by atoms with E-state index in [9.17, 15) is 19.2 Å². The quantitative estimate of drug-likeness (QED) is 0.393. The maximum Gasteiger partial charge on any atom is 0.655 e. The van der Waals surface area contributed by atoms with Gasteiger partial charge in [-0.1, -0.05) is 43.9 Å². The van der Waals surface area contributed by atoms with Crippen LogP contribution in [0.4, 0.5) is 4.79 Å². The molecule has 1 saturated heterocycles. The fourth-order valence-electron chi connectivity index (χ4n) is 2.61. The predicted molar refractivity (Wildman–Crippen MR) is 113 cm³/mol. The molecular weight excluding hydrogens is 389 g/mol. The van der Waals surface area contributed by atoms with Gasteiger partial charge in [0.25, 0.3) is 23.7 Å². The molecule has 1 aliphatic rings. The number of carboxylic acid groups (broad SMARTS) is 1. The summed E-state index contributed by atoms with van der Waals surface area (Å²) in [6.45, 7) is 4.98. The van der Waals surface area contributed by atoms with Crippen LogP contribution >= 0.6 is 0 Å². The maximum absolute atomic E-state index is 11.7. The van der Waals surface area contributed by atoms with E-state index in [0.717, 1.165) is 18.5 Å². The summed E-state index contributed by atoms with van der Waals surface area (Å²) in [6, 6.07) is 7.67. The zero-order chi connectivity index (χ0) is 22.6. The Labute approximate surface area is 177 Å². The van der Waals surface area contributed by atoms with Crippen molar-refractivity contribution in [3.05, 3.63) is 42.2 Å². The van der Waals surface area contributed by atoms with E-state index in [1.54, 1.807) is 0 Å². The molecular formula is C21H30BNO7. The van der Waals surface area contributed by atoms with Crippen LogP contribution in [0, 0.1) is 13.7 Å². The van der Waals surface area contributed by atoms with Gasteiger partial charge in [0.2, 0.25) is 0 Å². The van der Waals surface area contributed by atoms with Crippen molar-refractivity contribution in [1.82, 2.24) is 5.32 Å². The summed E-state index contributed by atoms with van der Waals surface area (Å²) in [5, 5.41) is 11.6. The normalized spacial score (nSPS) is 15.4. The van der Waals surface area contributed by atoms with E-state index in [1.807, 2.05) is 31.2 Å². The highest BCUT2D eigenvalue weighted by atomic mass is 16.7. The van der Waals surface area contributed by atoms with Gasteiger partial charge in [0.1, 0.15) is 0 Å². The van der Waals surface area contributed by atoms with Crippen LogP contribution in [0.25, 0.3) is 0 Å². The first-order valence-electron chi connectivity index (χ1n) is 10.2. The van der Waals surface area contributed by atoms with Crippen LogP contribution in [0.1, 0.15) is 67.8 Å². The third-order valence-corrected chi connectivity index (χ3v) is 4.41. The molecule has 0 bridgehead atoms. The van der Waals surface area contributed by atoms with Crippen molar-refractivity contribution in [2.24, 2.45) is 0 Å². The average molecular weight is 419 g/mol. The van der Waals surface area contributed by atoms with Crippen LogP contribution in [0.5, 0.6) is 0 Å². The van der Waals surface area contributed by atoms with E-state index in [1.165, 1.54) is 24.8 Å². The van der Waals surface area contributed by atoms with Crippen molar-refractivity contribution < 1.29 is 33.6 Å². The van der Waals surface area contributed by atoms with Crippen LogP contribution in [0.2, 0.25) is 0 Å².